The average molecular weight is 391 g/mol. The van der Waals surface area contributed by atoms with Crippen molar-refractivity contribution in [1.82, 2.24) is 10.2 Å². The van der Waals surface area contributed by atoms with Crippen LogP contribution in [0.2, 0.25) is 0 Å². The van der Waals surface area contributed by atoms with E-state index >= 15 is 0 Å². The Labute approximate surface area is 173 Å². The van der Waals surface area contributed by atoms with Gasteiger partial charge in [-0.3, -0.25) is 9.59 Å². The van der Waals surface area contributed by atoms with Gasteiger partial charge in [-0.15, -0.1) is 0 Å². The molecule has 2 aliphatic rings. The quantitative estimate of drug-likeness (QED) is 0.766. The number of amides is 2. The maximum atomic E-state index is 13.1. The Bertz CT molecular complexity index is 843. The highest BCUT2D eigenvalue weighted by atomic mass is 16.2. The summed E-state index contributed by atoms with van der Waals surface area (Å²) in [6, 6.07) is 18.1. The molecule has 1 saturated carbocycles. The summed E-state index contributed by atoms with van der Waals surface area (Å²) in [5, 5.41) is 3.33. The highest BCUT2D eigenvalue weighted by Crippen LogP contribution is 2.34. The van der Waals surface area contributed by atoms with Crippen molar-refractivity contribution in [3.05, 3.63) is 71.3 Å². The van der Waals surface area contributed by atoms with E-state index < -0.39 is 0 Å². The first-order valence-electron chi connectivity index (χ1n) is 10.9. The lowest BCUT2D eigenvalue weighted by molar-refractivity contribution is -0.128. The van der Waals surface area contributed by atoms with Gasteiger partial charge in [0.2, 0.25) is 5.91 Å². The number of nitrogens with zero attached hydrogens (tertiary/aromatic N) is 1. The molecule has 29 heavy (non-hydrogen) atoms. The highest BCUT2D eigenvalue weighted by Gasteiger charge is 2.27. The second kappa shape index (κ2) is 9.25. The molecule has 0 radical (unpaired) electrons. The average Bonchev–Trinajstić information content (AvgIpc) is 3.17. The molecule has 1 N–H and O–H groups in total. The third kappa shape index (κ3) is 4.87. The van der Waals surface area contributed by atoms with Crippen LogP contribution in [-0.4, -0.2) is 23.3 Å². The van der Waals surface area contributed by atoms with E-state index in [9.17, 15) is 9.59 Å². The van der Waals surface area contributed by atoms with Gasteiger partial charge >= 0.3 is 0 Å². The summed E-state index contributed by atoms with van der Waals surface area (Å²) in [7, 11) is 0. The van der Waals surface area contributed by atoms with E-state index in [0.29, 0.717) is 24.4 Å². The molecule has 1 aliphatic heterocycles. The Hall–Kier alpha value is -2.62. The van der Waals surface area contributed by atoms with Crippen LogP contribution in [0.15, 0.2) is 54.6 Å². The Morgan fingerprint density at radius 3 is 2.52 bits per heavy atom. The fraction of sp³-hybridized carbons (Fsp3) is 0.440. The van der Waals surface area contributed by atoms with Crippen LogP contribution in [-0.2, 0) is 11.3 Å². The van der Waals surface area contributed by atoms with Crippen LogP contribution in [0.1, 0.15) is 72.5 Å². The topological polar surface area (TPSA) is 49.4 Å². The third-order valence-corrected chi connectivity index (χ3v) is 6.30. The Balaban J connectivity index is 1.50. The van der Waals surface area contributed by atoms with Crippen LogP contribution in [0.5, 0.6) is 0 Å². The lowest BCUT2D eigenvalue weighted by atomic mass is 9.81. The minimum Gasteiger partial charge on any atom is -0.345 e. The van der Waals surface area contributed by atoms with E-state index in [0.717, 1.165) is 31.4 Å². The van der Waals surface area contributed by atoms with E-state index in [1.165, 1.54) is 24.8 Å². The molecule has 2 aromatic carbocycles. The first kappa shape index (κ1) is 19.7. The maximum Gasteiger partial charge on any atom is 0.251 e. The fourth-order valence-electron chi connectivity index (χ4n) is 4.73. The van der Waals surface area contributed by atoms with Crippen molar-refractivity contribution in [2.75, 3.05) is 6.54 Å². The lowest BCUT2D eigenvalue weighted by Gasteiger charge is -2.31. The molecule has 1 atom stereocenters. The van der Waals surface area contributed by atoms with Gasteiger partial charge in [0.25, 0.3) is 5.91 Å². The number of hydrogen-bond donors (Lipinski definition) is 1. The fourth-order valence-corrected chi connectivity index (χ4v) is 4.73. The lowest BCUT2D eigenvalue weighted by Crippen LogP contribution is -2.34. The second-order valence-electron chi connectivity index (χ2n) is 8.38. The first-order valence-corrected chi connectivity index (χ1v) is 10.9. The predicted molar refractivity (Wildman–Crippen MR) is 114 cm³/mol. The molecule has 2 fully saturated rings. The van der Waals surface area contributed by atoms with E-state index in [1.807, 2.05) is 47.4 Å². The van der Waals surface area contributed by atoms with Crippen LogP contribution in [0.25, 0.3) is 0 Å². The molecule has 2 aromatic rings. The van der Waals surface area contributed by atoms with Crippen LogP contribution in [0.4, 0.5) is 0 Å². The monoisotopic (exact) mass is 390 g/mol. The van der Waals surface area contributed by atoms with E-state index in [-0.39, 0.29) is 17.9 Å². The van der Waals surface area contributed by atoms with Crippen molar-refractivity contribution in [1.29, 1.82) is 0 Å². The summed E-state index contributed by atoms with van der Waals surface area (Å²) in [6.07, 6.45) is 7.67. The molecule has 0 unspecified atom stereocenters. The van der Waals surface area contributed by atoms with Crippen molar-refractivity contribution in [3.63, 3.8) is 0 Å². The molecule has 1 saturated heterocycles. The summed E-state index contributed by atoms with van der Waals surface area (Å²) in [4.78, 5) is 26.9. The molecule has 0 aromatic heterocycles. The zero-order valence-electron chi connectivity index (χ0n) is 17.0. The smallest absolute Gasteiger partial charge is 0.251 e. The van der Waals surface area contributed by atoms with Crippen LogP contribution < -0.4 is 5.32 Å². The van der Waals surface area contributed by atoms with Gasteiger partial charge in [-0.05, 0) is 48.4 Å². The molecule has 0 bridgehead atoms. The van der Waals surface area contributed by atoms with Crippen molar-refractivity contribution < 1.29 is 9.59 Å². The van der Waals surface area contributed by atoms with Crippen LogP contribution in [0.3, 0.4) is 0 Å². The second-order valence-corrected chi connectivity index (χ2v) is 8.38. The predicted octanol–water partition coefficient (Wildman–Crippen LogP) is 4.86. The number of nitrogens with one attached hydrogen (secondary N) is 1. The molecule has 4 nitrogen and oxygen atoms in total. The van der Waals surface area contributed by atoms with Gasteiger partial charge in [0, 0.05) is 25.1 Å². The van der Waals surface area contributed by atoms with Gasteiger partial charge in [-0.2, -0.15) is 0 Å². The largest absolute Gasteiger partial charge is 0.345 e. The Morgan fingerprint density at radius 2 is 1.79 bits per heavy atom. The Morgan fingerprint density at radius 1 is 1.00 bits per heavy atom. The molecule has 1 heterocycles. The molecule has 4 heteroatoms. The van der Waals surface area contributed by atoms with Crippen LogP contribution in [0, 0.1) is 5.92 Å². The van der Waals surface area contributed by atoms with Crippen molar-refractivity contribution in [2.45, 2.75) is 57.5 Å². The molecule has 152 valence electrons. The van der Waals surface area contributed by atoms with Gasteiger partial charge in [-0.25, -0.2) is 0 Å². The standard InChI is InChI=1S/C25H30N2O2/c28-23-15-8-16-27(23)18-19-9-7-14-22(17-19)25(29)26-24(20-10-3-1-4-11-20)21-12-5-2-6-13-21/h1,3-4,7,9-11,14,17,21,24H,2,5-6,8,12-13,15-16,18H2,(H,26,29)/t24-/m0/s1. The molecule has 4 rings (SSSR count). The molecular weight excluding hydrogens is 360 g/mol. The summed E-state index contributed by atoms with van der Waals surface area (Å²) in [6.45, 7) is 1.40. The third-order valence-electron chi connectivity index (χ3n) is 6.30. The first-order chi connectivity index (χ1) is 14.2. The number of likely N-dealkylation sites (tertiary alicyclic amines) is 1. The normalized spacial score (nSPS) is 18.6. The number of carbonyl (C=O) groups excluding carboxylic acids is 2. The zero-order valence-corrected chi connectivity index (χ0v) is 17.0. The molecule has 2 amide bonds. The highest BCUT2D eigenvalue weighted by molar-refractivity contribution is 5.94. The maximum absolute atomic E-state index is 13.1. The minimum absolute atomic E-state index is 0.0287. The number of carbonyl (C=O) groups is 2. The summed E-state index contributed by atoms with van der Waals surface area (Å²) >= 11 is 0. The van der Waals surface area contributed by atoms with E-state index in [1.54, 1.807) is 0 Å². The number of rotatable bonds is 6. The number of hydrogen-bond acceptors (Lipinski definition) is 2. The summed E-state index contributed by atoms with van der Waals surface area (Å²) in [5.41, 5.74) is 2.87. The van der Waals surface area contributed by atoms with Gasteiger partial charge in [0.15, 0.2) is 0 Å². The zero-order chi connectivity index (χ0) is 20.1. The molecular formula is C25H30N2O2. The summed E-state index contributed by atoms with van der Waals surface area (Å²) < 4.78 is 0. The SMILES string of the molecule is O=C(N[C@@H](c1ccccc1)C1CCCCC1)c1cccc(CN2CCCC2=O)c1. The molecule has 1 aliphatic carbocycles. The summed E-state index contributed by atoms with van der Waals surface area (Å²) in [5.74, 6) is 0.667. The van der Waals surface area contributed by atoms with Gasteiger partial charge in [-0.1, -0.05) is 61.7 Å². The van der Waals surface area contributed by atoms with Crippen LogP contribution >= 0.6 is 0 Å². The molecule has 0 spiro atoms. The van der Waals surface area contributed by atoms with Crippen molar-refractivity contribution in [3.8, 4) is 0 Å². The number of benzene rings is 2. The van der Waals surface area contributed by atoms with Crippen molar-refractivity contribution >= 4 is 11.8 Å². The minimum atomic E-state index is -0.0287. The van der Waals surface area contributed by atoms with E-state index in [4.69, 9.17) is 0 Å². The van der Waals surface area contributed by atoms with Gasteiger partial charge in [0.1, 0.15) is 0 Å². The van der Waals surface area contributed by atoms with E-state index in [2.05, 4.69) is 17.4 Å². The van der Waals surface area contributed by atoms with Crippen molar-refractivity contribution in [2.24, 2.45) is 5.92 Å². The Kier molecular flexibility index (Phi) is 6.28. The van der Waals surface area contributed by atoms with Gasteiger partial charge < -0.3 is 10.2 Å². The van der Waals surface area contributed by atoms with Gasteiger partial charge in [0.05, 0.1) is 6.04 Å².